The van der Waals surface area contributed by atoms with Gasteiger partial charge < -0.3 is 4.74 Å². The lowest BCUT2D eigenvalue weighted by atomic mass is 10.2. The van der Waals surface area contributed by atoms with E-state index in [4.69, 9.17) is 4.74 Å². The van der Waals surface area contributed by atoms with Gasteiger partial charge in [-0.05, 0) is 49.2 Å². The van der Waals surface area contributed by atoms with Gasteiger partial charge in [0.1, 0.15) is 11.5 Å². The highest BCUT2D eigenvalue weighted by Gasteiger charge is 2.05. The number of thiol groups is 2. The zero-order chi connectivity index (χ0) is 12.4. The number of hydrogen-bond acceptors (Lipinski definition) is 3. The summed E-state index contributed by atoms with van der Waals surface area (Å²) in [5.74, 6) is 1.67. The van der Waals surface area contributed by atoms with Crippen LogP contribution in [0.2, 0.25) is 0 Å². The van der Waals surface area contributed by atoms with Crippen LogP contribution in [0.4, 0.5) is 0 Å². The molecule has 0 aliphatic heterocycles. The highest BCUT2D eigenvalue weighted by atomic mass is 32.1. The maximum atomic E-state index is 5.90. The van der Waals surface area contributed by atoms with Gasteiger partial charge in [0, 0.05) is 9.79 Å². The number of aryl methyl sites for hydroxylation is 2. The van der Waals surface area contributed by atoms with Crippen molar-refractivity contribution in [2.45, 2.75) is 23.6 Å². The van der Waals surface area contributed by atoms with E-state index >= 15 is 0 Å². The summed E-state index contributed by atoms with van der Waals surface area (Å²) in [6.07, 6.45) is 0. The summed E-state index contributed by atoms with van der Waals surface area (Å²) in [7, 11) is 0. The van der Waals surface area contributed by atoms with Crippen molar-refractivity contribution in [3.8, 4) is 11.5 Å². The molecule has 0 aromatic heterocycles. The van der Waals surface area contributed by atoms with Crippen LogP contribution in [0, 0.1) is 13.8 Å². The molecule has 0 saturated carbocycles. The molecule has 0 aliphatic rings. The van der Waals surface area contributed by atoms with E-state index in [1.54, 1.807) is 0 Å². The van der Waals surface area contributed by atoms with E-state index in [9.17, 15) is 0 Å². The summed E-state index contributed by atoms with van der Waals surface area (Å²) in [6.45, 7) is 4.03. The molecular formula is C14H14OS2. The van der Waals surface area contributed by atoms with Crippen LogP contribution in [-0.4, -0.2) is 0 Å². The van der Waals surface area contributed by atoms with Crippen LogP contribution in [0.3, 0.4) is 0 Å². The molecule has 17 heavy (non-hydrogen) atoms. The highest BCUT2D eigenvalue weighted by Crippen LogP contribution is 2.30. The third kappa shape index (κ3) is 2.99. The summed E-state index contributed by atoms with van der Waals surface area (Å²) in [5, 5.41) is 0. The normalized spacial score (nSPS) is 10.4. The van der Waals surface area contributed by atoms with Gasteiger partial charge in [-0.25, -0.2) is 0 Å². The summed E-state index contributed by atoms with van der Waals surface area (Å²) in [5.41, 5.74) is 2.18. The Labute approximate surface area is 113 Å². The molecule has 3 heteroatoms. The van der Waals surface area contributed by atoms with Crippen LogP contribution in [0.1, 0.15) is 11.1 Å². The Morgan fingerprint density at radius 3 is 1.59 bits per heavy atom. The van der Waals surface area contributed by atoms with Gasteiger partial charge in [0.05, 0.1) is 0 Å². The molecule has 2 rings (SSSR count). The minimum absolute atomic E-state index is 0.833. The number of benzene rings is 2. The Morgan fingerprint density at radius 2 is 1.18 bits per heavy atom. The fourth-order valence-corrected chi connectivity index (χ4v) is 1.90. The number of rotatable bonds is 2. The van der Waals surface area contributed by atoms with Crippen molar-refractivity contribution in [3.63, 3.8) is 0 Å². The van der Waals surface area contributed by atoms with E-state index in [0.717, 1.165) is 32.4 Å². The maximum absolute atomic E-state index is 5.90. The van der Waals surface area contributed by atoms with Gasteiger partial charge in [-0.2, -0.15) is 0 Å². The van der Waals surface area contributed by atoms with Crippen LogP contribution < -0.4 is 4.74 Å². The zero-order valence-corrected chi connectivity index (χ0v) is 11.6. The molecule has 0 fully saturated rings. The van der Waals surface area contributed by atoms with Crippen molar-refractivity contribution < 1.29 is 4.74 Å². The molecule has 0 atom stereocenters. The Balaban J connectivity index is 2.37. The number of hydrogen-bond donors (Lipinski definition) is 2. The largest absolute Gasteiger partial charge is 0.457 e. The van der Waals surface area contributed by atoms with Crippen LogP contribution in [0.15, 0.2) is 46.2 Å². The average molecular weight is 262 g/mol. The lowest BCUT2D eigenvalue weighted by molar-refractivity contribution is 0.472. The molecule has 0 N–H and O–H groups in total. The Hall–Kier alpha value is -1.06. The summed E-state index contributed by atoms with van der Waals surface area (Å²) < 4.78 is 5.90. The highest BCUT2D eigenvalue weighted by molar-refractivity contribution is 7.80. The molecule has 0 bridgehead atoms. The summed E-state index contributed by atoms with van der Waals surface area (Å²) in [6, 6.07) is 11.7. The van der Waals surface area contributed by atoms with E-state index in [-0.39, 0.29) is 0 Å². The predicted octanol–water partition coefficient (Wildman–Crippen LogP) is 4.67. The zero-order valence-electron chi connectivity index (χ0n) is 9.77. The summed E-state index contributed by atoms with van der Waals surface area (Å²) in [4.78, 5) is 1.79. The van der Waals surface area contributed by atoms with Crippen LogP contribution in [0.25, 0.3) is 0 Å². The quantitative estimate of drug-likeness (QED) is 0.748. The lowest BCUT2D eigenvalue weighted by Crippen LogP contribution is -1.90. The van der Waals surface area contributed by atoms with Crippen LogP contribution >= 0.6 is 25.3 Å². The van der Waals surface area contributed by atoms with E-state index in [0.29, 0.717) is 0 Å². The molecule has 0 amide bonds. The maximum Gasteiger partial charge on any atom is 0.131 e. The first-order valence-electron chi connectivity index (χ1n) is 5.33. The molecule has 0 radical (unpaired) electrons. The topological polar surface area (TPSA) is 9.23 Å². The Morgan fingerprint density at radius 1 is 0.765 bits per heavy atom. The first-order valence-corrected chi connectivity index (χ1v) is 6.23. The number of ether oxygens (including phenoxy) is 1. The van der Waals surface area contributed by atoms with Gasteiger partial charge in [0.2, 0.25) is 0 Å². The molecule has 0 aliphatic carbocycles. The molecule has 0 saturated heterocycles. The monoisotopic (exact) mass is 262 g/mol. The second kappa shape index (κ2) is 5.07. The van der Waals surface area contributed by atoms with Crippen molar-refractivity contribution in [1.82, 2.24) is 0 Å². The standard InChI is InChI=1S/C14H14OS2/c1-9-3-5-11(16)7-13(9)15-14-8-12(17)6-4-10(14)2/h3-8,16-17H,1-2H3. The Kier molecular flexibility index (Phi) is 3.69. The Bertz CT molecular complexity index is 500. The molecule has 88 valence electrons. The minimum atomic E-state index is 0.833. The van der Waals surface area contributed by atoms with Crippen molar-refractivity contribution >= 4 is 25.3 Å². The predicted molar refractivity (Wildman–Crippen MR) is 76.9 cm³/mol. The molecule has 2 aromatic carbocycles. The second-order valence-electron chi connectivity index (χ2n) is 4.00. The molecule has 0 unspecified atom stereocenters. The first kappa shape index (κ1) is 12.4. The van der Waals surface area contributed by atoms with Gasteiger partial charge >= 0.3 is 0 Å². The van der Waals surface area contributed by atoms with Crippen molar-refractivity contribution in [3.05, 3.63) is 47.5 Å². The molecule has 2 aromatic rings. The van der Waals surface area contributed by atoms with Crippen LogP contribution in [0.5, 0.6) is 11.5 Å². The molecule has 1 nitrogen and oxygen atoms in total. The second-order valence-corrected chi connectivity index (χ2v) is 5.03. The third-order valence-electron chi connectivity index (χ3n) is 2.56. The van der Waals surface area contributed by atoms with Gasteiger partial charge in [0.15, 0.2) is 0 Å². The van der Waals surface area contributed by atoms with Crippen molar-refractivity contribution in [2.24, 2.45) is 0 Å². The minimum Gasteiger partial charge on any atom is -0.457 e. The fraction of sp³-hybridized carbons (Fsp3) is 0.143. The average Bonchev–Trinajstić information content (AvgIpc) is 2.28. The van der Waals surface area contributed by atoms with Gasteiger partial charge in [-0.3, -0.25) is 0 Å². The molecule has 0 spiro atoms. The van der Waals surface area contributed by atoms with E-state index in [1.807, 2.05) is 50.2 Å². The van der Waals surface area contributed by atoms with E-state index < -0.39 is 0 Å². The van der Waals surface area contributed by atoms with E-state index in [1.165, 1.54) is 0 Å². The first-order chi connectivity index (χ1) is 8.06. The smallest absolute Gasteiger partial charge is 0.131 e. The lowest BCUT2D eigenvalue weighted by Gasteiger charge is -2.12. The van der Waals surface area contributed by atoms with Crippen molar-refractivity contribution in [2.75, 3.05) is 0 Å². The van der Waals surface area contributed by atoms with Crippen LogP contribution in [-0.2, 0) is 0 Å². The van der Waals surface area contributed by atoms with E-state index in [2.05, 4.69) is 25.3 Å². The summed E-state index contributed by atoms with van der Waals surface area (Å²) >= 11 is 8.64. The van der Waals surface area contributed by atoms with Gasteiger partial charge in [0.25, 0.3) is 0 Å². The molecule has 0 heterocycles. The van der Waals surface area contributed by atoms with Crippen molar-refractivity contribution in [1.29, 1.82) is 0 Å². The van der Waals surface area contributed by atoms with Gasteiger partial charge in [-0.15, -0.1) is 25.3 Å². The molecular weight excluding hydrogens is 248 g/mol. The SMILES string of the molecule is Cc1ccc(S)cc1Oc1cc(S)ccc1C. The van der Waals surface area contributed by atoms with Gasteiger partial charge in [-0.1, -0.05) is 12.1 Å². The third-order valence-corrected chi connectivity index (χ3v) is 3.12. The fourth-order valence-electron chi connectivity index (χ4n) is 1.52.